The average Bonchev–Trinajstić information content (AvgIpc) is 3.18. The van der Waals surface area contributed by atoms with Crippen molar-refractivity contribution in [1.29, 1.82) is 0 Å². The van der Waals surface area contributed by atoms with E-state index >= 15 is 0 Å². The quantitative estimate of drug-likeness (QED) is 0.594. The van der Waals surface area contributed by atoms with Crippen molar-refractivity contribution in [2.75, 3.05) is 6.54 Å². The molecule has 162 valence electrons. The molecule has 2 aromatic heterocycles. The summed E-state index contributed by atoms with van der Waals surface area (Å²) in [6.45, 7) is 4.63. The van der Waals surface area contributed by atoms with Gasteiger partial charge in [-0.15, -0.1) is 11.3 Å². The van der Waals surface area contributed by atoms with E-state index in [-0.39, 0.29) is 17.9 Å². The molecule has 4 rings (SSSR count). The fraction of sp³-hybridized carbons (Fsp3) is 0.417. The highest BCUT2D eigenvalue weighted by Gasteiger charge is 2.29. The van der Waals surface area contributed by atoms with Gasteiger partial charge in [0.25, 0.3) is 11.8 Å². The number of nitrogens with one attached hydrogen (secondary N) is 2. The molecule has 0 bridgehead atoms. The standard InChI is InChI=1S/C24H28N4O2S/c1-15(2)28-24(30)22-21(18-5-3-4-6-20(18)31-22)17-9-7-16(8-10-17)13-27-23(29)19-14-25-11-12-26-19/h3-6,11-12,14-17H,7-10,13H2,1-2H3,(H,27,29)(H,28,30). The van der Waals surface area contributed by atoms with Gasteiger partial charge in [0.15, 0.2) is 0 Å². The Balaban J connectivity index is 1.43. The number of thiophene rings is 1. The van der Waals surface area contributed by atoms with Gasteiger partial charge in [-0.1, -0.05) is 18.2 Å². The van der Waals surface area contributed by atoms with Crippen LogP contribution in [-0.2, 0) is 0 Å². The molecule has 1 aromatic carbocycles. The molecule has 0 saturated heterocycles. The summed E-state index contributed by atoms with van der Waals surface area (Å²) in [6.07, 6.45) is 8.67. The maximum absolute atomic E-state index is 12.9. The fourth-order valence-electron chi connectivity index (χ4n) is 4.37. The summed E-state index contributed by atoms with van der Waals surface area (Å²) >= 11 is 1.60. The fourth-order valence-corrected chi connectivity index (χ4v) is 5.56. The Hall–Kier alpha value is -2.80. The minimum absolute atomic E-state index is 0.0320. The first-order valence-electron chi connectivity index (χ1n) is 10.9. The first kappa shape index (κ1) is 21.4. The summed E-state index contributed by atoms with van der Waals surface area (Å²) in [5, 5.41) is 7.27. The molecule has 6 nitrogen and oxygen atoms in total. The van der Waals surface area contributed by atoms with Gasteiger partial charge in [0.2, 0.25) is 0 Å². The van der Waals surface area contributed by atoms with Gasteiger partial charge in [-0.2, -0.15) is 0 Å². The van der Waals surface area contributed by atoms with Gasteiger partial charge in [-0.25, -0.2) is 4.98 Å². The van der Waals surface area contributed by atoms with Gasteiger partial charge >= 0.3 is 0 Å². The predicted molar refractivity (Wildman–Crippen MR) is 123 cm³/mol. The third-order valence-electron chi connectivity index (χ3n) is 5.86. The minimum Gasteiger partial charge on any atom is -0.350 e. The van der Waals surface area contributed by atoms with Crippen molar-refractivity contribution in [2.45, 2.75) is 51.5 Å². The van der Waals surface area contributed by atoms with Crippen molar-refractivity contribution < 1.29 is 9.59 Å². The third-order valence-corrected chi connectivity index (χ3v) is 7.05. The van der Waals surface area contributed by atoms with E-state index in [0.717, 1.165) is 30.6 Å². The first-order valence-corrected chi connectivity index (χ1v) is 11.7. The van der Waals surface area contributed by atoms with Gasteiger partial charge in [0.05, 0.1) is 11.1 Å². The number of benzene rings is 1. The molecule has 0 aliphatic heterocycles. The molecule has 0 radical (unpaired) electrons. The van der Waals surface area contributed by atoms with Crippen LogP contribution in [0.2, 0.25) is 0 Å². The number of nitrogens with zero attached hydrogens (tertiary/aromatic N) is 2. The molecule has 2 amide bonds. The number of fused-ring (bicyclic) bond motifs is 1. The lowest BCUT2D eigenvalue weighted by Gasteiger charge is -2.29. The molecule has 0 atom stereocenters. The molecule has 3 aromatic rings. The van der Waals surface area contributed by atoms with Crippen molar-refractivity contribution in [3.63, 3.8) is 0 Å². The smallest absolute Gasteiger partial charge is 0.271 e. The van der Waals surface area contributed by atoms with Gasteiger partial charge in [-0.3, -0.25) is 14.6 Å². The van der Waals surface area contributed by atoms with E-state index < -0.39 is 0 Å². The Labute approximate surface area is 186 Å². The maximum Gasteiger partial charge on any atom is 0.271 e. The van der Waals surface area contributed by atoms with Crippen LogP contribution in [0.15, 0.2) is 42.9 Å². The van der Waals surface area contributed by atoms with Crippen LogP contribution in [0.4, 0.5) is 0 Å². The minimum atomic E-state index is -0.174. The summed E-state index contributed by atoms with van der Waals surface area (Å²) in [6, 6.07) is 8.43. The van der Waals surface area contributed by atoms with Gasteiger partial charge in [0, 0.05) is 29.7 Å². The topological polar surface area (TPSA) is 84.0 Å². The van der Waals surface area contributed by atoms with E-state index in [1.54, 1.807) is 17.5 Å². The van der Waals surface area contributed by atoms with Crippen LogP contribution in [0.25, 0.3) is 10.1 Å². The zero-order valence-corrected chi connectivity index (χ0v) is 18.7. The van der Waals surface area contributed by atoms with Gasteiger partial charge in [0.1, 0.15) is 5.69 Å². The summed E-state index contributed by atoms with van der Waals surface area (Å²) in [7, 11) is 0. The summed E-state index contributed by atoms with van der Waals surface area (Å²) in [5.74, 6) is 0.668. The van der Waals surface area contributed by atoms with Crippen LogP contribution < -0.4 is 10.6 Å². The van der Waals surface area contributed by atoms with Crippen LogP contribution in [0.1, 0.15) is 71.2 Å². The lowest BCUT2D eigenvalue weighted by atomic mass is 9.77. The van der Waals surface area contributed by atoms with Crippen molar-refractivity contribution >= 4 is 33.2 Å². The van der Waals surface area contributed by atoms with E-state index in [9.17, 15) is 9.59 Å². The number of aromatic nitrogens is 2. The average molecular weight is 437 g/mol. The Bertz CT molecular complexity index is 1060. The Morgan fingerprint density at radius 3 is 2.58 bits per heavy atom. The van der Waals surface area contributed by atoms with E-state index in [0.29, 0.717) is 24.1 Å². The second kappa shape index (κ2) is 9.56. The van der Waals surface area contributed by atoms with E-state index in [1.165, 1.54) is 28.0 Å². The molecule has 1 saturated carbocycles. The van der Waals surface area contributed by atoms with Gasteiger partial charge in [-0.05, 0) is 68.4 Å². The monoisotopic (exact) mass is 436 g/mol. The number of hydrogen-bond donors (Lipinski definition) is 2. The molecule has 0 unspecified atom stereocenters. The van der Waals surface area contributed by atoms with Crippen LogP contribution in [0.5, 0.6) is 0 Å². The largest absolute Gasteiger partial charge is 0.350 e. The number of rotatable bonds is 6. The summed E-state index contributed by atoms with van der Waals surface area (Å²) in [4.78, 5) is 34.0. The number of hydrogen-bond acceptors (Lipinski definition) is 5. The normalized spacial score (nSPS) is 18.8. The number of carbonyl (C=O) groups excluding carboxylic acids is 2. The third kappa shape index (κ3) is 4.93. The number of amides is 2. The molecular weight excluding hydrogens is 408 g/mol. The van der Waals surface area contributed by atoms with Crippen LogP contribution in [-0.4, -0.2) is 34.4 Å². The molecule has 1 aliphatic rings. The van der Waals surface area contributed by atoms with Crippen molar-refractivity contribution in [1.82, 2.24) is 20.6 Å². The van der Waals surface area contributed by atoms with E-state index in [1.807, 2.05) is 19.9 Å². The maximum atomic E-state index is 12.9. The van der Waals surface area contributed by atoms with Gasteiger partial charge < -0.3 is 10.6 Å². The summed E-state index contributed by atoms with van der Waals surface area (Å²) < 4.78 is 1.17. The van der Waals surface area contributed by atoms with Crippen molar-refractivity contribution in [3.8, 4) is 0 Å². The zero-order valence-electron chi connectivity index (χ0n) is 17.9. The van der Waals surface area contributed by atoms with Crippen LogP contribution in [0, 0.1) is 5.92 Å². The lowest BCUT2D eigenvalue weighted by molar-refractivity contribution is 0.0930. The Morgan fingerprint density at radius 2 is 1.87 bits per heavy atom. The molecule has 2 heterocycles. The van der Waals surface area contributed by atoms with E-state index in [4.69, 9.17) is 0 Å². The van der Waals surface area contributed by atoms with E-state index in [2.05, 4.69) is 38.8 Å². The molecule has 2 N–H and O–H groups in total. The van der Waals surface area contributed by atoms with Crippen LogP contribution in [0.3, 0.4) is 0 Å². The molecule has 7 heteroatoms. The molecule has 1 aliphatic carbocycles. The molecule has 31 heavy (non-hydrogen) atoms. The highest BCUT2D eigenvalue weighted by molar-refractivity contribution is 7.21. The highest BCUT2D eigenvalue weighted by atomic mass is 32.1. The Kier molecular flexibility index (Phi) is 6.61. The molecule has 1 fully saturated rings. The van der Waals surface area contributed by atoms with Crippen LogP contribution >= 0.6 is 11.3 Å². The Morgan fingerprint density at radius 1 is 1.10 bits per heavy atom. The number of carbonyl (C=O) groups is 2. The lowest BCUT2D eigenvalue weighted by Crippen LogP contribution is -2.32. The predicted octanol–water partition coefficient (Wildman–Crippen LogP) is 4.53. The summed E-state index contributed by atoms with van der Waals surface area (Å²) in [5.41, 5.74) is 1.56. The SMILES string of the molecule is CC(C)NC(=O)c1sc2ccccc2c1C1CCC(CNC(=O)c2cnccn2)CC1. The second-order valence-corrected chi connectivity index (χ2v) is 9.54. The first-order chi connectivity index (χ1) is 15.0. The molecule has 0 spiro atoms. The second-order valence-electron chi connectivity index (χ2n) is 8.49. The zero-order chi connectivity index (χ0) is 21.8. The molecular formula is C24H28N4O2S. The van der Waals surface area contributed by atoms with Crippen molar-refractivity contribution in [3.05, 3.63) is 59.0 Å². The highest BCUT2D eigenvalue weighted by Crippen LogP contribution is 2.43. The van der Waals surface area contributed by atoms with Crippen molar-refractivity contribution in [2.24, 2.45) is 5.92 Å².